The van der Waals surface area contributed by atoms with Crippen LogP contribution in [0.1, 0.15) is 31.9 Å². The Morgan fingerprint density at radius 2 is 1.75 bits per heavy atom. The van der Waals surface area contributed by atoms with Crippen LogP contribution < -0.4 is 10.5 Å². The first-order chi connectivity index (χ1) is 15.3. The van der Waals surface area contributed by atoms with Gasteiger partial charge in [0, 0.05) is 12.0 Å². The zero-order valence-corrected chi connectivity index (χ0v) is 17.7. The fraction of sp³-hybridized carbons (Fsp3) is 0.333. The van der Waals surface area contributed by atoms with Crippen molar-refractivity contribution in [2.75, 3.05) is 4.90 Å². The monoisotopic (exact) mass is 430 g/mol. The second kappa shape index (κ2) is 6.26. The molecule has 3 aliphatic heterocycles. The van der Waals surface area contributed by atoms with Crippen molar-refractivity contribution in [1.82, 2.24) is 14.5 Å². The first-order valence-electron chi connectivity index (χ1n) is 10.8. The van der Waals surface area contributed by atoms with E-state index in [2.05, 4.69) is 4.98 Å². The fourth-order valence-electron chi connectivity index (χ4n) is 5.70. The van der Waals surface area contributed by atoms with Gasteiger partial charge >= 0.3 is 0 Å². The van der Waals surface area contributed by atoms with E-state index >= 15 is 0 Å². The number of benzene rings is 2. The lowest BCUT2D eigenvalue weighted by Gasteiger charge is -2.45. The molecule has 2 amide bonds. The molecule has 8 heteroatoms. The molecule has 162 valence electrons. The summed E-state index contributed by atoms with van der Waals surface area (Å²) in [6.45, 7) is 3.77. The SMILES string of the molecule is CC(C)[C@@H]1C(=O)N2c3ccccc3[C@]3(O)C[C@H](n4cnc5ccccc5c4=O)C(=O)N1[C@H]23. The van der Waals surface area contributed by atoms with Gasteiger partial charge in [0.2, 0.25) is 5.91 Å². The summed E-state index contributed by atoms with van der Waals surface area (Å²) in [6, 6.07) is 12.5. The minimum absolute atomic E-state index is 0.0153. The van der Waals surface area contributed by atoms with Gasteiger partial charge in [0.15, 0.2) is 0 Å². The molecule has 0 saturated carbocycles. The third-order valence-electron chi connectivity index (χ3n) is 7.06. The van der Waals surface area contributed by atoms with Crippen molar-refractivity contribution in [3.05, 3.63) is 70.8 Å². The number of amides is 2. The van der Waals surface area contributed by atoms with Crippen LogP contribution in [0.2, 0.25) is 0 Å². The lowest BCUT2D eigenvalue weighted by atomic mass is 9.81. The quantitative estimate of drug-likeness (QED) is 0.669. The predicted molar refractivity (Wildman–Crippen MR) is 117 cm³/mol. The minimum atomic E-state index is -1.49. The highest BCUT2D eigenvalue weighted by atomic mass is 16.3. The number of hydrogen-bond acceptors (Lipinski definition) is 5. The predicted octanol–water partition coefficient (Wildman–Crippen LogP) is 1.77. The van der Waals surface area contributed by atoms with Crippen LogP contribution in [0, 0.1) is 5.92 Å². The minimum Gasteiger partial charge on any atom is -0.381 e. The van der Waals surface area contributed by atoms with Crippen molar-refractivity contribution < 1.29 is 14.7 Å². The van der Waals surface area contributed by atoms with E-state index in [1.54, 1.807) is 41.3 Å². The summed E-state index contributed by atoms with van der Waals surface area (Å²) in [5.74, 6) is -0.703. The smallest absolute Gasteiger partial charge is 0.261 e. The van der Waals surface area contributed by atoms with Crippen molar-refractivity contribution >= 4 is 28.4 Å². The molecular formula is C24H22N4O4. The molecule has 1 N–H and O–H groups in total. The van der Waals surface area contributed by atoms with Crippen LogP contribution in [0.5, 0.6) is 0 Å². The molecule has 0 radical (unpaired) electrons. The van der Waals surface area contributed by atoms with E-state index in [0.29, 0.717) is 22.2 Å². The van der Waals surface area contributed by atoms with Crippen molar-refractivity contribution in [2.45, 2.75) is 44.1 Å². The Morgan fingerprint density at radius 1 is 1.03 bits per heavy atom. The number of carbonyl (C=O) groups excluding carboxylic acids is 2. The van der Waals surface area contributed by atoms with Gasteiger partial charge in [0.1, 0.15) is 23.9 Å². The molecule has 6 rings (SSSR count). The number of carbonyl (C=O) groups is 2. The number of rotatable bonds is 2. The van der Waals surface area contributed by atoms with Gasteiger partial charge in [0.25, 0.3) is 11.5 Å². The Balaban J connectivity index is 1.58. The van der Waals surface area contributed by atoms with Crippen LogP contribution in [0.4, 0.5) is 5.69 Å². The number of para-hydroxylation sites is 2. The summed E-state index contributed by atoms with van der Waals surface area (Å²) in [7, 11) is 0. The zero-order valence-electron chi connectivity index (χ0n) is 17.7. The van der Waals surface area contributed by atoms with Crippen LogP contribution in [0.15, 0.2) is 59.7 Å². The van der Waals surface area contributed by atoms with E-state index in [1.807, 2.05) is 26.0 Å². The number of hydrogen-bond donors (Lipinski definition) is 1. The normalized spacial score (nSPS) is 28.6. The zero-order chi connectivity index (χ0) is 22.4. The van der Waals surface area contributed by atoms with Crippen LogP contribution >= 0.6 is 0 Å². The molecule has 32 heavy (non-hydrogen) atoms. The van der Waals surface area contributed by atoms with Gasteiger partial charge in [-0.3, -0.25) is 23.9 Å². The van der Waals surface area contributed by atoms with E-state index in [0.717, 1.165) is 0 Å². The largest absolute Gasteiger partial charge is 0.381 e. The van der Waals surface area contributed by atoms with Gasteiger partial charge in [-0.2, -0.15) is 0 Å². The number of nitrogens with zero attached hydrogens (tertiary/aromatic N) is 4. The van der Waals surface area contributed by atoms with Gasteiger partial charge in [-0.15, -0.1) is 0 Å². The molecule has 4 heterocycles. The number of anilines is 1. The maximum atomic E-state index is 13.8. The number of fused-ring (bicyclic) bond motifs is 4. The first kappa shape index (κ1) is 19.2. The van der Waals surface area contributed by atoms with Crippen LogP contribution in [0.3, 0.4) is 0 Å². The third kappa shape index (κ3) is 2.20. The molecule has 3 aromatic rings. The summed E-state index contributed by atoms with van der Waals surface area (Å²) in [5, 5.41) is 12.4. The van der Waals surface area contributed by atoms with Crippen LogP contribution in [0.25, 0.3) is 10.9 Å². The lowest BCUT2D eigenvalue weighted by Crippen LogP contribution is -2.61. The molecule has 2 saturated heterocycles. The molecule has 2 aromatic carbocycles. The van der Waals surface area contributed by atoms with Gasteiger partial charge in [0.05, 0.1) is 22.9 Å². The number of aromatic nitrogens is 2. The van der Waals surface area contributed by atoms with Gasteiger partial charge in [-0.05, 0) is 24.1 Å². The highest BCUT2D eigenvalue weighted by molar-refractivity contribution is 6.07. The molecular weight excluding hydrogens is 408 g/mol. The maximum absolute atomic E-state index is 13.8. The topological polar surface area (TPSA) is 95.7 Å². The van der Waals surface area contributed by atoms with E-state index in [9.17, 15) is 19.5 Å². The van der Waals surface area contributed by atoms with Crippen molar-refractivity contribution in [1.29, 1.82) is 0 Å². The Hall–Kier alpha value is -3.52. The maximum Gasteiger partial charge on any atom is 0.261 e. The van der Waals surface area contributed by atoms with E-state index in [4.69, 9.17) is 0 Å². The Labute approximate surface area is 183 Å². The second-order valence-corrected chi connectivity index (χ2v) is 9.15. The van der Waals surface area contributed by atoms with Crippen LogP contribution in [-0.4, -0.2) is 43.6 Å². The van der Waals surface area contributed by atoms with Crippen molar-refractivity contribution in [3.8, 4) is 0 Å². The standard InChI is InChI=1S/C24H22N4O4/c1-13(2)19-22(31)27-17-10-6-4-8-15(17)24(32)11-18(21(30)28(19)23(24)27)26-12-25-16-9-5-3-7-14(16)20(26)29/h3-10,12-13,18-19,23,32H,11H2,1-2H3/t18-,19+,23-,24+/m0/s1. The lowest BCUT2D eigenvalue weighted by molar-refractivity contribution is -0.160. The number of aliphatic hydroxyl groups is 1. The van der Waals surface area contributed by atoms with E-state index < -0.39 is 23.9 Å². The summed E-state index contributed by atoms with van der Waals surface area (Å²) in [4.78, 5) is 48.0. The molecule has 0 aliphatic carbocycles. The highest BCUT2D eigenvalue weighted by Gasteiger charge is 2.67. The van der Waals surface area contributed by atoms with E-state index in [-0.39, 0.29) is 29.7 Å². The van der Waals surface area contributed by atoms with Crippen molar-refractivity contribution in [3.63, 3.8) is 0 Å². The molecule has 0 spiro atoms. The Kier molecular flexibility index (Phi) is 3.75. The summed E-state index contributed by atoms with van der Waals surface area (Å²) < 4.78 is 1.31. The average molecular weight is 430 g/mol. The third-order valence-corrected chi connectivity index (χ3v) is 7.06. The average Bonchev–Trinajstić information content (AvgIpc) is 3.24. The molecule has 3 aliphatic rings. The molecule has 0 bridgehead atoms. The summed E-state index contributed by atoms with van der Waals surface area (Å²) in [5.41, 5.74) is -0.0619. The second-order valence-electron chi connectivity index (χ2n) is 9.15. The summed E-state index contributed by atoms with van der Waals surface area (Å²) in [6.07, 6.45) is 0.545. The molecule has 0 unspecified atom stereocenters. The first-order valence-corrected chi connectivity index (χ1v) is 10.8. The Bertz CT molecular complexity index is 1370. The van der Waals surface area contributed by atoms with E-state index in [1.165, 1.54) is 15.8 Å². The molecule has 8 nitrogen and oxygen atoms in total. The van der Waals surface area contributed by atoms with Gasteiger partial charge in [-0.1, -0.05) is 44.2 Å². The molecule has 2 fully saturated rings. The van der Waals surface area contributed by atoms with Crippen LogP contribution in [-0.2, 0) is 15.2 Å². The fourth-order valence-corrected chi connectivity index (χ4v) is 5.70. The highest BCUT2D eigenvalue weighted by Crippen LogP contribution is 2.55. The molecule has 1 aromatic heterocycles. The Morgan fingerprint density at radius 3 is 2.53 bits per heavy atom. The van der Waals surface area contributed by atoms with Gasteiger partial charge in [-0.25, -0.2) is 4.98 Å². The number of piperidine rings is 1. The van der Waals surface area contributed by atoms with Crippen molar-refractivity contribution in [2.24, 2.45) is 5.92 Å². The molecule has 4 atom stereocenters. The van der Waals surface area contributed by atoms with Gasteiger partial charge < -0.3 is 10.0 Å². The summed E-state index contributed by atoms with van der Waals surface area (Å²) >= 11 is 0.